The van der Waals surface area contributed by atoms with Crippen LogP contribution in [-0.4, -0.2) is 41.4 Å². The Morgan fingerprint density at radius 1 is 1.05 bits per heavy atom. The van der Waals surface area contributed by atoms with Crippen molar-refractivity contribution in [3.8, 4) is 10.4 Å². The van der Waals surface area contributed by atoms with Gasteiger partial charge in [0.05, 0.1) is 6.61 Å². The van der Waals surface area contributed by atoms with Gasteiger partial charge >= 0.3 is 0 Å². The van der Waals surface area contributed by atoms with Crippen molar-refractivity contribution in [3.05, 3.63) is 47.1 Å². The SMILES string of the molecule is OCCCN(CCO)Cc1ccc(-c2cccc(F)c2)s1. The molecule has 0 aliphatic rings. The zero-order valence-corrected chi connectivity index (χ0v) is 12.7. The van der Waals surface area contributed by atoms with Gasteiger partial charge in [0, 0.05) is 36.0 Å². The molecule has 0 atom stereocenters. The van der Waals surface area contributed by atoms with E-state index in [1.165, 1.54) is 17.0 Å². The molecule has 0 saturated carbocycles. The van der Waals surface area contributed by atoms with E-state index in [1.54, 1.807) is 17.4 Å². The van der Waals surface area contributed by atoms with Crippen LogP contribution in [0.25, 0.3) is 10.4 Å². The third-order valence-corrected chi connectivity index (χ3v) is 4.32. The van der Waals surface area contributed by atoms with E-state index < -0.39 is 0 Å². The first-order chi connectivity index (χ1) is 10.2. The summed E-state index contributed by atoms with van der Waals surface area (Å²) < 4.78 is 13.3. The maximum Gasteiger partial charge on any atom is 0.123 e. The molecule has 0 fully saturated rings. The number of aliphatic hydroxyl groups is 2. The summed E-state index contributed by atoms with van der Waals surface area (Å²) >= 11 is 1.63. The quantitative estimate of drug-likeness (QED) is 0.788. The Morgan fingerprint density at radius 3 is 2.62 bits per heavy atom. The smallest absolute Gasteiger partial charge is 0.123 e. The summed E-state index contributed by atoms with van der Waals surface area (Å²) in [7, 11) is 0. The highest BCUT2D eigenvalue weighted by atomic mass is 32.1. The molecule has 0 unspecified atom stereocenters. The summed E-state index contributed by atoms with van der Waals surface area (Å²) in [4.78, 5) is 4.31. The van der Waals surface area contributed by atoms with Crippen LogP contribution in [0, 0.1) is 5.82 Å². The van der Waals surface area contributed by atoms with Crippen LogP contribution in [0.4, 0.5) is 4.39 Å². The van der Waals surface area contributed by atoms with Crippen LogP contribution < -0.4 is 0 Å². The predicted molar refractivity (Wildman–Crippen MR) is 83.8 cm³/mol. The van der Waals surface area contributed by atoms with E-state index >= 15 is 0 Å². The fourth-order valence-electron chi connectivity index (χ4n) is 2.19. The van der Waals surface area contributed by atoms with Gasteiger partial charge in [-0.05, 0) is 36.2 Å². The number of rotatable bonds is 8. The standard InChI is InChI=1S/C16H20FNO2S/c17-14-4-1-3-13(11-14)16-6-5-15(21-16)12-18(8-10-20)7-2-9-19/h1,3-6,11,19-20H,2,7-10,12H2. The Bertz CT molecular complexity index is 559. The molecule has 0 aliphatic carbocycles. The number of benzene rings is 1. The van der Waals surface area contributed by atoms with Crippen molar-refractivity contribution in [1.82, 2.24) is 4.90 Å². The van der Waals surface area contributed by atoms with E-state index in [0.29, 0.717) is 13.0 Å². The lowest BCUT2D eigenvalue weighted by atomic mass is 10.2. The van der Waals surface area contributed by atoms with Crippen molar-refractivity contribution in [3.63, 3.8) is 0 Å². The average Bonchev–Trinajstić information content (AvgIpc) is 2.93. The minimum Gasteiger partial charge on any atom is -0.396 e. The van der Waals surface area contributed by atoms with Gasteiger partial charge < -0.3 is 10.2 Å². The van der Waals surface area contributed by atoms with Crippen LogP contribution in [0.5, 0.6) is 0 Å². The van der Waals surface area contributed by atoms with Gasteiger partial charge in [-0.1, -0.05) is 12.1 Å². The van der Waals surface area contributed by atoms with E-state index in [0.717, 1.165) is 23.5 Å². The highest BCUT2D eigenvalue weighted by Gasteiger charge is 2.09. The molecule has 0 radical (unpaired) electrons. The molecule has 1 aromatic carbocycles. The van der Waals surface area contributed by atoms with Crippen molar-refractivity contribution in [1.29, 1.82) is 0 Å². The van der Waals surface area contributed by atoms with Crippen LogP contribution in [-0.2, 0) is 6.54 Å². The molecule has 0 saturated heterocycles. The van der Waals surface area contributed by atoms with Gasteiger partial charge in [0.2, 0.25) is 0 Å². The zero-order chi connectivity index (χ0) is 15.1. The van der Waals surface area contributed by atoms with Gasteiger partial charge in [-0.15, -0.1) is 11.3 Å². The summed E-state index contributed by atoms with van der Waals surface area (Å²) in [6.07, 6.45) is 0.697. The first-order valence-electron chi connectivity index (χ1n) is 7.01. The van der Waals surface area contributed by atoms with Crippen molar-refractivity contribution in [2.75, 3.05) is 26.3 Å². The van der Waals surface area contributed by atoms with E-state index in [2.05, 4.69) is 4.90 Å². The second-order valence-corrected chi connectivity index (χ2v) is 6.02. The minimum atomic E-state index is -0.229. The summed E-state index contributed by atoms with van der Waals surface area (Å²) in [6.45, 7) is 2.34. The van der Waals surface area contributed by atoms with Crippen molar-refractivity contribution < 1.29 is 14.6 Å². The molecule has 0 bridgehead atoms. The first kappa shape index (κ1) is 16.1. The molecule has 0 spiro atoms. The third-order valence-electron chi connectivity index (χ3n) is 3.20. The predicted octanol–water partition coefficient (Wildman–Crippen LogP) is 2.73. The summed E-state index contributed by atoms with van der Waals surface area (Å²) in [5, 5.41) is 18.0. The molecule has 0 aliphatic heterocycles. The topological polar surface area (TPSA) is 43.7 Å². The summed E-state index contributed by atoms with van der Waals surface area (Å²) in [6, 6.07) is 10.6. The number of halogens is 1. The molecule has 1 heterocycles. The number of hydrogen-bond acceptors (Lipinski definition) is 4. The van der Waals surface area contributed by atoms with Gasteiger partial charge in [0.1, 0.15) is 5.82 Å². The molecule has 2 aromatic rings. The highest BCUT2D eigenvalue weighted by molar-refractivity contribution is 7.15. The van der Waals surface area contributed by atoms with Crippen LogP contribution >= 0.6 is 11.3 Å². The maximum atomic E-state index is 13.3. The fourth-order valence-corrected chi connectivity index (χ4v) is 3.23. The van der Waals surface area contributed by atoms with Gasteiger partial charge in [0.15, 0.2) is 0 Å². The molecule has 21 heavy (non-hydrogen) atoms. The monoisotopic (exact) mass is 309 g/mol. The second-order valence-electron chi connectivity index (χ2n) is 4.85. The number of hydrogen-bond donors (Lipinski definition) is 2. The number of aliphatic hydroxyl groups excluding tert-OH is 2. The Kier molecular flexibility index (Phi) is 6.32. The van der Waals surface area contributed by atoms with Crippen LogP contribution in [0.3, 0.4) is 0 Å². The molecule has 3 nitrogen and oxygen atoms in total. The Hall–Kier alpha value is -1.27. The first-order valence-corrected chi connectivity index (χ1v) is 7.83. The largest absolute Gasteiger partial charge is 0.396 e. The third kappa shape index (κ3) is 4.89. The van der Waals surface area contributed by atoms with Gasteiger partial charge in [-0.3, -0.25) is 4.90 Å². The van der Waals surface area contributed by atoms with Gasteiger partial charge in [0.25, 0.3) is 0 Å². The molecule has 2 rings (SSSR count). The van der Waals surface area contributed by atoms with Crippen LogP contribution in [0.15, 0.2) is 36.4 Å². The van der Waals surface area contributed by atoms with E-state index in [9.17, 15) is 4.39 Å². The average molecular weight is 309 g/mol. The zero-order valence-electron chi connectivity index (χ0n) is 11.8. The summed E-state index contributed by atoms with van der Waals surface area (Å²) in [5.41, 5.74) is 0.885. The van der Waals surface area contributed by atoms with Crippen LogP contribution in [0.2, 0.25) is 0 Å². The van der Waals surface area contributed by atoms with Crippen LogP contribution in [0.1, 0.15) is 11.3 Å². The molecule has 114 valence electrons. The Labute approximate surface area is 128 Å². The highest BCUT2D eigenvalue weighted by Crippen LogP contribution is 2.29. The second kappa shape index (κ2) is 8.24. The fraction of sp³-hybridized carbons (Fsp3) is 0.375. The lowest BCUT2D eigenvalue weighted by Crippen LogP contribution is -2.27. The van der Waals surface area contributed by atoms with E-state index in [1.807, 2.05) is 18.2 Å². The lowest BCUT2D eigenvalue weighted by molar-refractivity contribution is 0.175. The molecule has 0 amide bonds. The van der Waals surface area contributed by atoms with E-state index in [4.69, 9.17) is 10.2 Å². The number of thiophene rings is 1. The molecule has 5 heteroatoms. The van der Waals surface area contributed by atoms with E-state index in [-0.39, 0.29) is 19.0 Å². The van der Waals surface area contributed by atoms with Crippen molar-refractivity contribution in [2.45, 2.75) is 13.0 Å². The molecule has 2 N–H and O–H groups in total. The molecule has 1 aromatic heterocycles. The van der Waals surface area contributed by atoms with Gasteiger partial charge in [-0.2, -0.15) is 0 Å². The minimum absolute atomic E-state index is 0.105. The normalized spacial score (nSPS) is 11.2. The van der Waals surface area contributed by atoms with Crippen molar-refractivity contribution in [2.24, 2.45) is 0 Å². The molecular weight excluding hydrogens is 289 g/mol. The summed E-state index contributed by atoms with van der Waals surface area (Å²) in [5.74, 6) is -0.229. The van der Waals surface area contributed by atoms with Gasteiger partial charge in [-0.25, -0.2) is 4.39 Å². The number of nitrogens with zero attached hydrogens (tertiary/aromatic N) is 1. The Balaban J connectivity index is 2.04. The lowest BCUT2D eigenvalue weighted by Gasteiger charge is -2.19. The maximum absolute atomic E-state index is 13.3. The Morgan fingerprint density at radius 2 is 1.90 bits per heavy atom. The molecular formula is C16H20FNO2S. The van der Waals surface area contributed by atoms with Crippen molar-refractivity contribution >= 4 is 11.3 Å².